The molecule has 1 N–H and O–H groups in total. The summed E-state index contributed by atoms with van der Waals surface area (Å²) < 4.78 is 6.99. The fourth-order valence-corrected chi connectivity index (χ4v) is 3.14. The van der Waals surface area contributed by atoms with Crippen LogP contribution in [0.2, 0.25) is 0 Å². The summed E-state index contributed by atoms with van der Waals surface area (Å²) in [6.07, 6.45) is 3.65. The van der Waals surface area contributed by atoms with E-state index >= 15 is 0 Å². The SMILES string of the molecule is O=C(NCC1CCCO1)c1ccc(-n2cnc3ccccc3c2=O)cc1. The molecule has 2 aromatic carbocycles. The lowest BCUT2D eigenvalue weighted by Crippen LogP contribution is -2.31. The molecular weight excluding hydrogens is 330 g/mol. The van der Waals surface area contributed by atoms with Crippen LogP contribution in [-0.2, 0) is 4.74 Å². The Labute approximate surface area is 150 Å². The van der Waals surface area contributed by atoms with Gasteiger partial charge in [-0.1, -0.05) is 12.1 Å². The quantitative estimate of drug-likeness (QED) is 0.784. The first kappa shape index (κ1) is 16.5. The maximum absolute atomic E-state index is 12.6. The molecule has 0 saturated carbocycles. The standard InChI is InChI=1S/C20H19N3O3/c24-19(21-12-16-4-3-11-26-16)14-7-9-15(10-8-14)23-13-22-18-6-2-1-5-17(18)20(23)25/h1-2,5-10,13,16H,3-4,11-12H2,(H,21,24). The topological polar surface area (TPSA) is 73.2 Å². The van der Waals surface area contributed by atoms with Gasteiger partial charge in [-0.2, -0.15) is 0 Å². The van der Waals surface area contributed by atoms with E-state index in [4.69, 9.17) is 4.74 Å². The molecule has 0 bridgehead atoms. The molecule has 1 amide bonds. The molecule has 1 aliphatic heterocycles. The van der Waals surface area contributed by atoms with E-state index in [-0.39, 0.29) is 17.6 Å². The number of amides is 1. The van der Waals surface area contributed by atoms with Crippen molar-refractivity contribution in [2.75, 3.05) is 13.2 Å². The van der Waals surface area contributed by atoms with Crippen LogP contribution in [0.1, 0.15) is 23.2 Å². The molecule has 1 aromatic heterocycles. The first-order chi connectivity index (χ1) is 12.7. The molecule has 4 rings (SSSR count). The number of benzene rings is 2. The predicted molar refractivity (Wildman–Crippen MR) is 98.6 cm³/mol. The Morgan fingerprint density at radius 3 is 2.77 bits per heavy atom. The van der Waals surface area contributed by atoms with Crippen LogP contribution < -0.4 is 10.9 Å². The van der Waals surface area contributed by atoms with E-state index in [0.717, 1.165) is 19.4 Å². The number of hydrogen-bond acceptors (Lipinski definition) is 4. The molecule has 1 atom stereocenters. The normalized spacial score (nSPS) is 16.7. The maximum atomic E-state index is 12.6. The molecule has 0 aliphatic carbocycles. The van der Waals surface area contributed by atoms with Crippen molar-refractivity contribution in [2.24, 2.45) is 0 Å². The fourth-order valence-electron chi connectivity index (χ4n) is 3.14. The molecule has 26 heavy (non-hydrogen) atoms. The Hall–Kier alpha value is -2.99. The number of ether oxygens (including phenoxy) is 1. The van der Waals surface area contributed by atoms with Crippen molar-refractivity contribution in [1.82, 2.24) is 14.9 Å². The van der Waals surface area contributed by atoms with Gasteiger partial charge < -0.3 is 10.1 Å². The summed E-state index contributed by atoms with van der Waals surface area (Å²) in [7, 11) is 0. The van der Waals surface area contributed by atoms with Crippen LogP contribution in [0, 0.1) is 0 Å². The Balaban J connectivity index is 1.53. The lowest BCUT2D eigenvalue weighted by molar-refractivity contribution is 0.0858. The molecule has 132 valence electrons. The zero-order chi connectivity index (χ0) is 17.9. The number of nitrogens with one attached hydrogen (secondary N) is 1. The number of para-hydroxylation sites is 1. The average Bonchev–Trinajstić information content (AvgIpc) is 3.20. The van der Waals surface area contributed by atoms with Gasteiger partial charge in [0.2, 0.25) is 0 Å². The number of carbonyl (C=O) groups excluding carboxylic acids is 1. The number of aromatic nitrogens is 2. The third-order valence-electron chi connectivity index (χ3n) is 4.59. The number of carbonyl (C=O) groups is 1. The van der Waals surface area contributed by atoms with Gasteiger partial charge in [0.1, 0.15) is 6.33 Å². The van der Waals surface area contributed by atoms with E-state index in [1.807, 2.05) is 18.2 Å². The molecule has 1 aliphatic rings. The van der Waals surface area contributed by atoms with Gasteiger partial charge in [0.25, 0.3) is 11.5 Å². The molecule has 2 heterocycles. The smallest absolute Gasteiger partial charge is 0.265 e. The summed E-state index contributed by atoms with van der Waals surface area (Å²) in [6.45, 7) is 1.29. The highest BCUT2D eigenvalue weighted by Crippen LogP contribution is 2.12. The van der Waals surface area contributed by atoms with Crippen LogP contribution in [0.5, 0.6) is 0 Å². The van der Waals surface area contributed by atoms with Crippen molar-refractivity contribution in [1.29, 1.82) is 0 Å². The van der Waals surface area contributed by atoms with E-state index in [1.54, 1.807) is 30.3 Å². The van der Waals surface area contributed by atoms with Crippen LogP contribution >= 0.6 is 0 Å². The molecule has 3 aromatic rings. The third kappa shape index (κ3) is 3.23. The zero-order valence-electron chi connectivity index (χ0n) is 14.2. The van der Waals surface area contributed by atoms with Gasteiger partial charge in [-0.05, 0) is 49.2 Å². The van der Waals surface area contributed by atoms with E-state index in [2.05, 4.69) is 10.3 Å². The van der Waals surface area contributed by atoms with Crippen LogP contribution in [0.3, 0.4) is 0 Å². The van der Waals surface area contributed by atoms with E-state index < -0.39 is 0 Å². The second kappa shape index (κ2) is 7.09. The average molecular weight is 349 g/mol. The van der Waals surface area contributed by atoms with Gasteiger partial charge in [-0.3, -0.25) is 14.2 Å². The van der Waals surface area contributed by atoms with Gasteiger partial charge in [0, 0.05) is 18.7 Å². The fraction of sp³-hybridized carbons (Fsp3) is 0.250. The monoisotopic (exact) mass is 349 g/mol. The van der Waals surface area contributed by atoms with Gasteiger partial charge in [-0.25, -0.2) is 4.98 Å². The maximum Gasteiger partial charge on any atom is 0.265 e. The minimum Gasteiger partial charge on any atom is -0.376 e. The van der Waals surface area contributed by atoms with Crippen LogP contribution in [0.15, 0.2) is 59.7 Å². The lowest BCUT2D eigenvalue weighted by atomic mass is 10.1. The van der Waals surface area contributed by atoms with Crippen molar-refractivity contribution in [2.45, 2.75) is 18.9 Å². The summed E-state index contributed by atoms with van der Waals surface area (Å²) in [5.74, 6) is -0.143. The van der Waals surface area contributed by atoms with Crippen LogP contribution in [-0.4, -0.2) is 34.7 Å². The second-order valence-electron chi connectivity index (χ2n) is 6.33. The summed E-state index contributed by atoms with van der Waals surface area (Å²) in [5, 5.41) is 3.45. The van der Waals surface area contributed by atoms with Gasteiger partial charge in [0.05, 0.1) is 22.7 Å². The lowest BCUT2D eigenvalue weighted by Gasteiger charge is -2.11. The third-order valence-corrected chi connectivity index (χ3v) is 4.59. The highest BCUT2D eigenvalue weighted by Gasteiger charge is 2.16. The molecule has 0 spiro atoms. The number of nitrogens with zero attached hydrogens (tertiary/aromatic N) is 2. The van der Waals surface area contributed by atoms with Gasteiger partial charge in [-0.15, -0.1) is 0 Å². The van der Waals surface area contributed by atoms with Gasteiger partial charge >= 0.3 is 0 Å². The highest BCUT2D eigenvalue weighted by atomic mass is 16.5. The van der Waals surface area contributed by atoms with Crippen molar-refractivity contribution < 1.29 is 9.53 Å². The van der Waals surface area contributed by atoms with Crippen LogP contribution in [0.4, 0.5) is 0 Å². The second-order valence-corrected chi connectivity index (χ2v) is 6.33. The first-order valence-corrected chi connectivity index (χ1v) is 8.69. The number of hydrogen-bond donors (Lipinski definition) is 1. The Kier molecular flexibility index (Phi) is 4.50. The molecule has 1 unspecified atom stereocenters. The van der Waals surface area contributed by atoms with E-state index in [9.17, 15) is 9.59 Å². The van der Waals surface area contributed by atoms with Crippen molar-refractivity contribution in [3.8, 4) is 5.69 Å². The molecule has 6 heteroatoms. The Morgan fingerprint density at radius 1 is 1.19 bits per heavy atom. The number of fused-ring (bicyclic) bond motifs is 1. The van der Waals surface area contributed by atoms with Crippen LogP contribution in [0.25, 0.3) is 16.6 Å². The summed E-state index contributed by atoms with van der Waals surface area (Å²) in [5.41, 5.74) is 1.75. The molecule has 1 fully saturated rings. The van der Waals surface area contributed by atoms with Crippen molar-refractivity contribution in [3.63, 3.8) is 0 Å². The zero-order valence-corrected chi connectivity index (χ0v) is 14.2. The summed E-state index contributed by atoms with van der Waals surface area (Å²) in [4.78, 5) is 29.2. The van der Waals surface area contributed by atoms with Gasteiger partial charge in [0.15, 0.2) is 0 Å². The minimum absolute atomic E-state index is 0.112. The Bertz CT molecular complexity index is 989. The summed E-state index contributed by atoms with van der Waals surface area (Å²) in [6, 6.07) is 14.2. The molecular formula is C20H19N3O3. The molecule has 6 nitrogen and oxygen atoms in total. The largest absolute Gasteiger partial charge is 0.376 e. The number of rotatable bonds is 4. The Morgan fingerprint density at radius 2 is 2.00 bits per heavy atom. The van der Waals surface area contributed by atoms with E-state index in [1.165, 1.54) is 10.9 Å². The summed E-state index contributed by atoms with van der Waals surface area (Å²) >= 11 is 0. The predicted octanol–water partition coefficient (Wildman–Crippen LogP) is 2.29. The van der Waals surface area contributed by atoms with E-state index in [0.29, 0.717) is 28.7 Å². The highest BCUT2D eigenvalue weighted by molar-refractivity contribution is 5.94. The minimum atomic E-state index is -0.143. The first-order valence-electron chi connectivity index (χ1n) is 8.69. The molecule has 0 radical (unpaired) electrons. The molecule has 1 saturated heterocycles. The van der Waals surface area contributed by atoms with Crippen molar-refractivity contribution in [3.05, 3.63) is 70.8 Å². The van der Waals surface area contributed by atoms with Crippen molar-refractivity contribution >= 4 is 16.8 Å².